The first-order valence-corrected chi connectivity index (χ1v) is 27.5. The molecule has 0 saturated carbocycles. The van der Waals surface area contributed by atoms with Gasteiger partial charge < -0.3 is 39.4 Å². The van der Waals surface area contributed by atoms with E-state index < -0.39 is 29.3 Å². The van der Waals surface area contributed by atoms with Crippen molar-refractivity contribution in [1.82, 2.24) is 40.1 Å². The number of amides is 2. The van der Waals surface area contributed by atoms with Gasteiger partial charge in [-0.15, -0.1) is 16.4 Å². The number of rotatable bonds is 28. The highest BCUT2D eigenvalue weighted by Gasteiger charge is 2.44. The van der Waals surface area contributed by atoms with Crippen molar-refractivity contribution in [2.24, 2.45) is 11.3 Å². The van der Waals surface area contributed by atoms with E-state index in [0.717, 1.165) is 82.0 Å². The van der Waals surface area contributed by atoms with E-state index in [4.69, 9.17) is 14.2 Å². The topological polar surface area (TPSA) is 194 Å². The van der Waals surface area contributed by atoms with Crippen LogP contribution in [0.5, 0.6) is 0 Å². The molecule has 76 heavy (non-hydrogen) atoms. The van der Waals surface area contributed by atoms with E-state index in [2.05, 4.69) is 61.8 Å². The Morgan fingerprint density at radius 1 is 0.921 bits per heavy atom. The number of unbranched alkanes of at least 4 members (excludes halogenated alkanes) is 1. The first-order chi connectivity index (χ1) is 36.6. The van der Waals surface area contributed by atoms with Crippen molar-refractivity contribution >= 4 is 45.6 Å². The number of carbonyl (C=O) groups is 4. The molecule has 1 saturated heterocycles. The number of ketones is 2. The van der Waals surface area contributed by atoms with Gasteiger partial charge in [0.1, 0.15) is 11.6 Å². The van der Waals surface area contributed by atoms with E-state index in [-0.39, 0.29) is 62.2 Å². The minimum atomic E-state index is -0.796. The fourth-order valence-corrected chi connectivity index (χ4v) is 11.0. The SMILES string of the molecule is Cc1ncsc1-c1ccc(CCC(=O)[C@@H]2C[C@@H](O)CN2C(=O)[C@@H](CC(=O)CCOCCOCCOCCn2cc(CCCCN(C)Cc3ccc(-c4[nH]c5cc(F)cc6c5c4CCNC6=O)cc3)nn2)C(C)(C)C)cc1. The Hall–Kier alpha value is -6.02. The number of carbonyl (C=O) groups excluding carboxylic acids is 4. The molecule has 0 spiro atoms. The fourth-order valence-electron chi connectivity index (χ4n) is 10.2. The van der Waals surface area contributed by atoms with E-state index in [0.29, 0.717) is 70.0 Å². The Labute approximate surface area is 448 Å². The number of hydrogen-bond acceptors (Lipinski definition) is 13. The number of nitrogens with one attached hydrogen (secondary N) is 2. The van der Waals surface area contributed by atoms with Gasteiger partial charge in [-0.2, -0.15) is 0 Å². The van der Waals surface area contributed by atoms with E-state index in [9.17, 15) is 28.7 Å². The number of hydrogen-bond donors (Lipinski definition) is 3. The molecular weight excluding hydrogens is 988 g/mol. The normalized spacial score (nSPS) is 16.2. The number of aliphatic hydroxyl groups is 1. The Bertz CT molecular complexity index is 2910. The van der Waals surface area contributed by atoms with Crippen LogP contribution in [0.25, 0.3) is 32.6 Å². The van der Waals surface area contributed by atoms with Gasteiger partial charge in [0.2, 0.25) is 5.91 Å². The maximum atomic E-state index is 14.3. The molecule has 5 heterocycles. The van der Waals surface area contributed by atoms with Crippen LogP contribution in [0.2, 0.25) is 0 Å². The van der Waals surface area contributed by atoms with Gasteiger partial charge in [-0.25, -0.2) is 14.1 Å². The average Bonchev–Trinajstić information content (AvgIpc) is 4.21. The molecule has 2 amide bonds. The van der Waals surface area contributed by atoms with Crippen molar-refractivity contribution in [3.8, 4) is 21.7 Å². The highest BCUT2D eigenvalue weighted by molar-refractivity contribution is 7.13. The molecule has 2 aliphatic rings. The zero-order chi connectivity index (χ0) is 53.8. The lowest BCUT2D eigenvalue weighted by Crippen LogP contribution is -2.47. The maximum absolute atomic E-state index is 14.3. The fraction of sp³-hybridized carbons (Fsp3) is 0.500. The van der Waals surface area contributed by atoms with Crippen molar-refractivity contribution in [3.63, 3.8) is 0 Å². The zero-order valence-corrected chi connectivity index (χ0v) is 45.4. The molecule has 0 radical (unpaired) electrons. The lowest BCUT2D eigenvalue weighted by molar-refractivity contribution is -0.146. The zero-order valence-electron chi connectivity index (χ0n) is 44.6. The summed E-state index contributed by atoms with van der Waals surface area (Å²) in [7, 11) is 2.12. The molecule has 3 N–H and O–H groups in total. The van der Waals surface area contributed by atoms with Gasteiger partial charge in [-0.1, -0.05) is 74.5 Å². The predicted molar refractivity (Wildman–Crippen MR) is 290 cm³/mol. The molecular formula is C58H73FN8O8S. The monoisotopic (exact) mass is 1060 g/mol. The molecule has 3 aromatic carbocycles. The van der Waals surface area contributed by atoms with Crippen LogP contribution >= 0.6 is 11.3 Å². The number of aliphatic hydroxyl groups excluding tert-OH is 1. The lowest BCUT2D eigenvalue weighted by Gasteiger charge is -2.34. The highest BCUT2D eigenvalue weighted by atomic mass is 32.1. The van der Waals surface area contributed by atoms with Crippen LogP contribution in [-0.2, 0) is 60.9 Å². The summed E-state index contributed by atoms with van der Waals surface area (Å²) in [5.41, 5.74) is 10.5. The van der Waals surface area contributed by atoms with Crippen molar-refractivity contribution < 1.29 is 42.9 Å². The summed E-state index contributed by atoms with van der Waals surface area (Å²) in [5.74, 6) is -1.77. The summed E-state index contributed by atoms with van der Waals surface area (Å²) in [5, 5.41) is 22.9. The summed E-state index contributed by atoms with van der Waals surface area (Å²) in [6.45, 7) is 12.8. The van der Waals surface area contributed by atoms with E-state index in [1.807, 2.05) is 63.7 Å². The van der Waals surface area contributed by atoms with Gasteiger partial charge >= 0.3 is 0 Å². The third-order valence-corrected chi connectivity index (χ3v) is 15.4. The average molecular weight is 1060 g/mol. The number of ether oxygens (including phenoxy) is 3. The van der Waals surface area contributed by atoms with Crippen molar-refractivity contribution in [2.45, 2.75) is 111 Å². The number of likely N-dealkylation sites (tertiary alicyclic amines) is 1. The summed E-state index contributed by atoms with van der Waals surface area (Å²) < 4.78 is 33.2. The van der Waals surface area contributed by atoms with Crippen LogP contribution in [-0.4, -0.2) is 142 Å². The number of thiazole rings is 1. The molecule has 0 aliphatic carbocycles. The van der Waals surface area contributed by atoms with Gasteiger partial charge in [0.05, 0.1) is 85.7 Å². The molecule has 6 aromatic rings. The minimum Gasteiger partial charge on any atom is -0.391 e. The van der Waals surface area contributed by atoms with Crippen LogP contribution < -0.4 is 5.32 Å². The summed E-state index contributed by atoms with van der Waals surface area (Å²) in [6.07, 6.45) is 5.84. The van der Waals surface area contributed by atoms with Gasteiger partial charge in [-0.3, -0.25) is 19.2 Å². The second kappa shape index (κ2) is 26.4. The van der Waals surface area contributed by atoms with Crippen LogP contribution in [0.1, 0.15) is 97.7 Å². The molecule has 16 nitrogen and oxygen atoms in total. The van der Waals surface area contributed by atoms with Crippen LogP contribution in [0.3, 0.4) is 0 Å². The number of benzene rings is 3. The predicted octanol–water partition coefficient (Wildman–Crippen LogP) is 7.96. The molecule has 1 fully saturated rings. The van der Waals surface area contributed by atoms with Gasteiger partial charge in [0.25, 0.3) is 5.91 Å². The van der Waals surface area contributed by atoms with E-state index >= 15 is 0 Å². The molecule has 8 rings (SSSR count). The number of β-amino-alcohol motifs (C(OH)–C–C–N with tert-alkyl or cyclic N) is 1. The van der Waals surface area contributed by atoms with Gasteiger partial charge in [0.15, 0.2) is 5.78 Å². The van der Waals surface area contributed by atoms with Crippen molar-refractivity contribution in [2.75, 3.05) is 66.3 Å². The quantitative estimate of drug-likeness (QED) is 0.0402. The van der Waals surface area contributed by atoms with Crippen LogP contribution in [0.15, 0.2) is 72.4 Å². The molecule has 18 heteroatoms. The maximum Gasteiger partial charge on any atom is 0.252 e. The molecule has 2 aliphatic heterocycles. The Morgan fingerprint density at radius 3 is 2.36 bits per heavy atom. The van der Waals surface area contributed by atoms with Gasteiger partial charge in [0, 0.05) is 74.0 Å². The number of aromatic nitrogens is 5. The van der Waals surface area contributed by atoms with Crippen molar-refractivity contribution in [1.29, 1.82) is 0 Å². The Morgan fingerprint density at radius 2 is 1.63 bits per heavy atom. The second-order valence-corrected chi connectivity index (χ2v) is 22.2. The Balaban J connectivity index is 0.650. The number of nitrogens with zero attached hydrogens (tertiary/aromatic N) is 6. The summed E-state index contributed by atoms with van der Waals surface area (Å²) in [6, 6.07) is 18.6. The number of halogens is 1. The molecule has 0 unspecified atom stereocenters. The smallest absolute Gasteiger partial charge is 0.252 e. The molecule has 3 aromatic heterocycles. The third-order valence-electron chi connectivity index (χ3n) is 14.4. The highest BCUT2D eigenvalue weighted by Crippen LogP contribution is 2.36. The molecule has 3 atom stereocenters. The number of aryl methyl sites for hydroxylation is 3. The molecule has 0 bridgehead atoms. The van der Waals surface area contributed by atoms with Crippen LogP contribution in [0, 0.1) is 24.1 Å². The third kappa shape index (κ3) is 14.9. The second-order valence-electron chi connectivity index (χ2n) is 21.3. The summed E-state index contributed by atoms with van der Waals surface area (Å²) >= 11 is 1.59. The first-order valence-electron chi connectivity index (χ1n) is 26.7. The molecule has 406 valence electrons. The van der Waals surface area contributed by atoms with Crippen molar-refractivity contribution in [3.05, 3.63) is 112 Å². The summed E-state index contributed by atoms with van der Waals surface area (Å²) in [4.78, 5) is 66.1. The number of Topliss-reactive ketones (excluding diaryl/α,β-unsaturated/α-hetero) is 2. The standard InChI is InChI=1S/C58H73FN8O8S/c1-38-55(76-37-61-38)42-16-9-39(10-17-42)13-18-52(70)51-33-46(69)36-67(51)57(72)49(58(2,3)4)32-45(68)20-24-73-26-28-75-29-27-74-25-23-66-35-44(63-64-66)8-6-7-22-65(5)34-40-11-14-41(15-12-40)54-47-19-21-60-56(71)48-30-43(59)31-50(62-54)53(47)48/h9-12,14-17,30-31,35,37,46,49,51,62,69H,6-8,13,18-29,32-34,36H2,1-5H3,(H,60,71)/t46-,49-,51+/m1/s1. The van der Waals surface area contributed by atoms with E-state index in [1.165, 1.54) is 22.6 Å². The minimum absolute atomic E-state index is 0.0276. The number of H-pyrrole nitrogens is 1. The number of aromatic amines is 1. The lowest BCUT2D eigenvalue weighted by atomic mass is 9.76. The largest absolute Gasteiger partial charge is 0.391 e. The van der Waals surface area contributed by atoms with Crippen LogP contribution in [0.4, 0.5) is 4.39 Å². The van der Waals surface area contributed by atoms with Gasteiger partial charge in [-0.05, 0) is 98.0 Å². The first kappa shape index (κ1) is 56.2. The Kier molecular flexibility index (Phi) is 19.5. The van der Waals surface area contributed by atoms with E-state index in [1.54, 1.807) is 16.0 Å².